The normalized spacial score (nSPS) is 19.9. The SMILES string of the molecule is C.CC(C)CN(C(=O)c1nc2ccccc2n1CCn1ccnc1)[C@@H]1CNC[C@H](C(=O)N2CCOCC2)C1. The number of hydrogen-bond donors (Lipinski definition) is 1. The summed E-state index contributed by atoms with van der Waals surface area (Å²) in [5.74, 6) is 0.651. The molecule has 38 heavy (non-hydrogen) atoms. The van der Waals surface area contributed by atoms with Gasteiger partial charge < -0.3 is 29.0 Å². The molecule has 0 saturated carbocycles. The highest BCUT2D eigenvalue weighted by atomic mass is 16.5. The van der Waals surface area contributed by atoms with Gasteiger partial charge in [0, 0.05) is 64.2 Å². The first kappa shape index (κ1) is 27.8. The van der Waals surface area contributed by atoms with Crippen molar-refractivity contribution in [2.75, 3.05) is 45.9 Å². The minimum absolute atomic E-state index is 0. The Morgan fingerprint density at radius 2 is 1.95 bits per heavy atom. The fraction of sp³-hybridized carbons (Fsp3) is 0.571. The quantitative estimate of drug-likeness (QED) is 0.487. The molecule has 0 radical (unpaired) electrons. The molecule has 1 aromatic carbocycles. The number of ether oxygens (including phenoxy) is 1. The molecular formula is C28H41N7O3. The summed E-state index contributed by atoms with van der Waals surface area (Å²) in [4.78, 5) is 40.2. The van der Waals surface area contributed by atoms with Crippen molar-refractivity contribution in [1.29, 1.82) is 0 Å². The minimum atomic E-state index is -0.153. The number of imidazole rings is 2. The summed E-state index contributed by atoms with van der Waals surface area (Å²) >= 11 is 0. The Morgan fingerprint density at radius 1 is 1.16 bits per heavy atom. The molecule has 206 valence electrons. The fourth-order valence-electron chi connectivity index (χ4n) is 5.41. The number of aromatic nitrogens is 4. The maximum atomic E-state index is 14.2. The molecule has 4 heterocycles. The smallest absolute Gasteiger partial charge is 0.290 e. The van der Waals surface area contributed by atoms with Crippen molar-refractivity contribution in [1.82, 2.24) is 34.2 Å². The molecule has 2 aliphatic rings. The van der Waals surface area contributed by atoms with Crippen molar-refractivity contribution in [3.05, 3.63) is 48.8 Å². The van der Waals surface area contributed by atoms with E-state index in [-0.39, 0.29) is 37.1 Å². The Hall–Kier alpha value is -3.24. The van der Waals surface area contributed by atoms with Gasteiger partial charge in [-0.1, -0.05) is 33.4 Å². The molecule has 10 nitrogen and oxygen atoms in total. The second-order valence-corrected chi connectivity index (χ2v) is 10.4. The first-order valence-electron chi connectivity index (χ1n) is 13.3. The lowest BCUT2D eigenvalue weighted by atomic mass is 9.92. The fourth-order valence-corrected chi connectivity index (χ4v) is 5.41. The van der Waals surface area contributed by atoms with Crippen LogP contribution in [0.4, 0.5) is 0 Å². The number of rotatable bonds is 8. The molecule has 2 fully saturated rings. The summed E-state index contributed by atoms with van der Waals surface area (Å²) < 4.78 is 9.45. The van der Waals surface area contributed by atoms with E-state index < -0.39 is 0 Å². The molecule has 2 aromatic heterocycles. The van der Waals surface area contributed by atoms with Crippen LogP contribution in [0.15, 0.2) is 43.0 Å². The summed E-state index contributed by atoms with van der Waals surface area (Å²) in [7, 11) is 0. The van der Waals surface area contributed by atoms with Crippen LogP contribution in [0.3, 0.4) is 0 Å². The Balaban J connectivity index is 0.00000336. The molecule has 0 aliphatic carbocycles. The van der Waals surface area contributed by atoms with Crippen LogP contribution in [0.5, 0.6) is 0 Å². The zero-order valence-electron chi connectivity index (χ0n) is 21.8. The maximum absolute atomic E-state index is 14.2. The summed E-state index contributed by atoms with van der Waals surface area (Å²) in [6.45, 7) is 9.88. The van der Waals surface area contributed by atoms with E-state index in [2.05, 4.69) is 24.1 Å². The van der Waals surface area contributed by atoms with Crippen LogP contribution in [0.1, 0.15) is 38.3 Å². The highest BCUT2D eigenvalue weighted by Gasteiger charge is 2.36. The highest BCUT2D eigenvalue weighted by Crippen LogP contribution is 2.24. The number of morpholine rings is 1. The van der Waals surface area contributed by atoms with E-state index in [1.165, 1.54) is 0 Å². The van der Waals surface area contributed by atoms with Crippen LogP contribution in [0, 0.1) is 11.8 Å². The van der Waals surface area contributed by atoms with Crippen LogP contribution in [-0.4, -0.2) is 92.7 Å². The summed E-state index contributed by atoms with van der Waals surface area (Å²) in [6.07, 6.45) is 6.11. The molecule has 1 N–H and O–H groups in total. The van der Waals surface area contributed by atoms with Gasteiger partial charge in [0.1, 0.15) is 0 Å². The van der Waals surface area contributed by atoms with Gasteiger partial charge in [-0.2, -0.15) is 0 Å². The first-order chi connectivity index (χ1) is 18.0. The molecule has 5 rings (SSSR count). The zero-order chi connectivity index (χ0) is 25.8. The van der Waals surface area contributed by atoms with E-state index in [0.29, 0.717) is 71.3 Å². The largest absolute Gasteiger partial charge is 0.378 e. The highest BCUT2D eigenvalue weighted by molar-refractivity contribution is 5.95. The third kappa shape index (κ3) is 6.07. The van der Waals surface area contributed by atoms with E-state index in [1.807, 2.05) is 49.4 Å². The van der Waals surface area contributed by atoms with Crippen LogP contribution in [0.2, 0.25) is 0 Å². The zero-order valence-corrected chi connectivity index (χ0v) is 21.8. The van der Waals surface area contributed by atoms with Gasteiger partial charge in [0.25, 0.3) is 5.91 Å². The number of hydrogen-bond acceptors (Lipinski definition) is 6. The van der Waals surface area contributed by atoms with E-state index in [4.69, 9.17) is 9.72 Å². The lowest BCUT2D eigenvalue weighted by molar-refractivity contribution is -0.140. The lowest BCUT2D eigenvalue weighted by Gasteiger charge is -2.40. The van der Waals surface area contributed by atoms with E-state index >= 15 is 0 Å². The first-order valence-corrected chi connectivity index (χ1v) is 13.3. The van der Waals surface area contributed by atoms with Crippen molar-refractivity contribution in [2.45, 2.75) is 46.8 Å². The molecule has 2 aliphatic heterocycles. The minimum Gasteiger partial charge on any atom is -0.378 e. The van der Waals surface area contributed by atoms with Gasteiger partial charge >= 0.3 is 0 Å². The molecule has 0 unspecified atom stereocenters. The molecule has 3 aromatic rings. The van der Waals surface area contributed by atoms with Gasteiger partial charge in [0.2, 0.25) is 5.91 Å². The predicted octanol–water partition coefficient (Wildman–Crippen LogP) is 2.50. The number of aryl methyl sites for hydroxylation is 2. The van der Waals surface area contributed by atoms with Crippen LogP contribution >= 0.6 is 0 Å². The Morgan fingerprint density at radius 3 is 2.68 bits per heavy atom. The molecule has 2 amide bonds. The van der Waals surface area contributed by atoms with E-state index in [0.717, 1.165) is 11.0 Å². The second-order valence-electron chi connectivity index (χ2n) is 10.4. The Kier molecular flexibility index (Phi) is 9.17. The van der Waals surface area contributed by atoms with Gasteiger partial charge in [-0.3, -0.25) is 9.59 Å². The lowest BCUT2D eigenvalue weighted by Crippen LogP contribution is -2.56. The van der Waals surface area contributed by atoms with Gasteiger partial charge in [0.05, 0.1) is 36.5 Å². The summed E-state index contributed by atoms with van der Waals surface area (Å²) in [5, 5.41) is 3.44. The molecule has 2 saturated heterocycles. The number of benzene rings is 1. The number of carbonyl (C=O) groups excluding carboxylic acids is 2. The van der Waals surface area contributed by atoms with Crippen molar-refractivity contribution in [3.63, 3.8) is 0 Å². The van der Waals surface area contributed by atoms with Crippen molar-refractivity contribution >= 4 is 22.8 Å². The van der Waals surface area contributed by atoms with Crippen LogP contribution in [-0.2, 0) is 22.6 Å². The van der Waals surface area contributed by atoms with Gasteiger partial charge in [0.15, 0.2) is 5.82 Å². The number of para-hydroxylation sites is 2. The van der Waals surface area contributed by atoms with Crippen molar-refractivity contribution < 1.29 is 14.3 Å². The number of amides is 2. The third-order valence-electron chi connectivity index (χ3n) is 7.25. The third-order valence-corrected chi connectivity index (χ3v) is 7.25. The van der Waals surface area contributed by atoms with Gasteiger partial charge in [-0.05, 0) is 24.5 Å². The molecule has 0 spiro atoms. The second kappa shape index (κ2) is 12.5. The van der Waals surface area contributed by atoms with Crippen LogP contribution < -0.4 is 5.32 Å². The monoisotopic (exact) mass is 523 g/mol. The topological polar surface area (TPSA) is 97.5 Å². The van der Waals surface area contributed by atoms with Crippen molar-refractivity contribution in [3.8, 4) is 0 Å². The average molecular weight is 524 g/mol. The van der Waals surface area contributed by atoms with E-state index in [9.17, 15) is 9.59 Å². The maximum Gasteiger partial charge on any atom is 0.290 e. The standard InChI is InChI=1S/C27H37N7O3.CH4/c1-20(2)18-34(22-15-21(16-29-17-22)26(35)32-11-13-37-14-12-32)27(36)25-30-23-5-3-4-6-24(23)33(25)10-9-31-8-7-28-19-31;/h3-8,19-22,29H,9-18H2,1-2H3;1H4/t21-,22+;/m1./s1. The average Bonchev–Trinajstić information content (AvgIpc) is 3.58. The molecule has 10 heteroatoms. The van der Waals surface area contributed by atoms with Gasteiger partial charge in [-0.15, -0.1) is 0 Å². The summed E-state index contributed by atoms with van der Waals surface area (Å²) in [5.41, 5.74) is 1.75. The molecule has 2 atom stereocenters. The molecule has 0 bridgehead atoms. The number of nitrogens with zero attached hydrogens (tertiary/aromatic N) is 6. The van der Waals surface area contributed by atoms with Crippen molar-refractivity contribution in [2.24, 2.45) is 11.8 Å². The number of piperidine rings is 1. The van der Waals surface area contributed by atoms with Gasteiger partial charge in [-0.25, -0.2) is 9.97 Å². The van der Waals surface area contributed by atoms with E-state index in [1.54, 1.807) is 12.5 Å². The molecular weight excluding hydrogens is 482 g/mol. The summed E-state index contributed by atoms with van der Waals surface area (Å²) in [6, 6.07) is 7.80. The number of nitrogens with one attached hydrogen (secondary N) is 1. The van der Waals surface area contributed by atoms with Crippen LogP contribution in [0.25, 0.3) is 11.0 Å². The number of fused-ring (bicyclic) bond motifs is 1. The number of carbonyl (C=O) groups is 2. The predicted molar refractivity (Wildman–Crippen MR) is 147 cm³/mol. The Labute approximate surface area is 225 Å². The Bertz CT molecular complexity index is 1200.